The molecule has 0 fully saturated rings. The molecule has 0 saturated heterocycles. The number of fused-ring (bicyclic) bond motifs is 9. The molecular weight excluding hydrogens is 545 g/mol. The van der Waals surface area contributed by atoms with E-state index in [1.165, 1.54) is 33.4 Å². The van der Waals surface area contributed by atoms with Crippen LogP contribution in [0.3, 0.4) is 0 Å². The molecule has 0 radical (unpaired) electrons. The van der Waals surface area contributed by atoms with Gasteiger partial charge in [-0.3, -0.25) is 0 Å². The van der Waals surface area contributed by atoms with E-state index in [0.717, 1.165) is 43.8 Å². The highest BCUT2D eigenvalue weighted by molar-refractivity contribution is 7.17. The third kappa shape index (κ3) is 3.47. The van der Waals surface area contributed by atoms with Gasteiger partial charge in [0.25, 0.3) is 0 Å². The Morgan fingerprint density at radius 3 is 1.63 bits per heavy atom. The van der Waals surface area contributed by atoms with Gasteiger partial charge in [-0.2, -0.15) is 0 Å². The zero-order valence-electron chi connectivity index (χ0n) is 23.1. The van der Waals surface area contributed by atoms with Crippen molar-refractivity contribution in [2.24, 2.45) is 0 Å². The van der Waals surface area contributed by atoms with Crippen molar-refractivity contribution < 1.29 is 4.74 Å². The summed E-state index contributed by atoms with van der Waals surface area (Å²) in [7, 11) is 0. The average Bonchev–Trinajstić information content (AvgIpc) is 3.68. The molecule has 1 aliphatic heterocycles. The molecule has 43 heavy (non-hydrogen) atoms. The van der Waals surface area contributed by atoms with Crippen LogP contribution in [0.4, 0.5) is 0 Å². The van der Waals surface area contributed by atoms with Crippen LogP contribution >= 0.6 is 11.3 Å². The van der Waals surface area contributed by atoms with Crippen LogP contribution in [0.2, 0.25) is 0 Å². The zero-order chi connectivity index (χ0) is 28.4. The summed E-state index contributed by atoms with van der Waals surface area (Å²) in [5, 5.41) is 10.8. The molecule has 0 bridgehead atoms. The molecule has 0 atom stereocenters. The van der Waals surface area contributed by atoms with Crippen LogP contribution in [-0.4, -0.2) is 10.2 Å². The van der Waals surface area contributed by atoms with Crippen LogP contribution < -0.4 is 4.74 Å². The third-order valence-corrected chi connectivity index (χ3v) is 9.78. The van der Waals surface area contributed by atoms with Gasteiger partial charge in [-0.25, -0.2) is 0 Å². The Kier molecular flexibility index (Phi) is 5.28. The Morgan fingerprint density at radius 2 is 0.930 bits per heavy atom. The van der Waals surface area contributed by atoms with E-state index in [4.69, 9.17) is 4.74 Å². The highest BCUT2D eigenvalue weighted by Gasteiger charge is 2.51. The molecule has 9 rings (SSSR count). The van der Waals surface area contributed by atoms with Crippen molar-refractivity contribution in [3.05, 3.63) is 168 Å². The number of rotatable bonds is 3. The van der Waals surface area contributed by atoms with E-state index < -0.39 is 5.41 Å². The number of ether oxygens (including phenoxy) is 1. The largest absolute Gasteiger partial charge is 0.456 e. The SMILES string of the molecule is c1ccc(-c2nnc(-c3ccc(-c4cccc5c4Oc4ccccc4C54c5ccccc5-c5ccccc54)cc3)s2)cc1. The second kappa shape index (κ2) is 9.35. The lowest BCUT2D eigenvalue weighted by molar-refractivity contribution is 0.438. The number of nitrogens with zero attached hydrogens (tertiary/aromatic N) is 2. The molecular formula is C39H24N2OS. The summed E-state index contributed by atoms with van der Waals surface area (Å²) in [6.07, 6.45) is 0. The lowest BCUT2D eigenvalue weighted by Gasteiger charge is -2.40. The summed E-state index contributed by atoms with van der Waals surface area (Å²) in [5.74, 6) is 1.80. The minimum absolute atomic E-state index is 0.465. The van der Waals surface area contributed by atoms with Crippen molar-refractivity contribution in [3.8, 4) is 54.9 Å². The molecule has 2 aliphatic rings. The smallest absolute Gasteiger partial charge is 0.148 e. The number of benzene rings is 6. The van der Waals surface area contributed by atoms with Crippen molar-refractivity contribution >= 4 is 11.3 Å². The van der Waals surface area contributed by atoms with E-state index in [1.54, 1.807) is 11.3 Å². The number of para-hydroxylation sites is 2. The van der Waals surface area contributed by atoms with E-state index in [-0.39, 0.29) is 0 Å². The van der Waals surface area contributed by atoms with E-state index in [2.05, 4.69) is 138 Å². The van der Waals surface area contributed by atoms with Crippen LogP contribution in [0.1, 0.15) is 22.3 Å². The van der Waals surface area contributed by atoms with E-state index in [1.807, 2.05) is 18.2 Å². The van der Waals surface area contributed by atoms with Gasteiger partial charge in [-0.15, -0.1) is 10.2 Å². The summed E-state index contributed by atoms with van der Waals surface area (Å²) in [6, 6.07) is 51.6. The molecule has 0 N–H and O–H groups in total. The predicted molar refractivity (Wildman–Crippen MR) is 174 cm³/mol. The van der Waals surface area contributed by atoms with Gasteiger partial charge >= 0.3 is 0 Å². The fourth-order valence-corrected chi connectivity index (χ4v) is 7.79. The van der Waals surface area contributed by atoms with Crippen LogP contribution in [0, 0.1) is 0 Å². The lowest BCUT2D eigenvalue weighted by Crippen LogP contribution is -2.32. The highest BCUT2D eigenvalue weighted by Crippen LogP contribution is 2.63. The fraction of sp³-hybridized carbons (Fsp3) is 0.0256. The second-order valence-corrected chi connectivity index (χ2v) is 12.0. The standard InChI is InChI=1S/C39H24N2OS/c1-2-11-26(12-3-1)37-40-41-38(43-37)27-23-21-25(22-24-27)28-15-10-19-34-36(28)42-35-20-9-8-18-33(35)39(34)31-16-6-4-13-29(31)30-14-5-7-17-32(30)39/h1-24H. The molecule has 1 aliphatic carbocycles. The van der Waals surface area contributed by atoms with E-state index >= 15 is 0 Å². The molecule has 0 amide bonds. The monoisotopic (exact) mass is 568 g/mol. The Morgan fingerprint density at radius 1 is 0.419 bits per heavy atom. The lowest BCUT2D eigenvalue weighted by atomic mass is 9.65. The van der Waals surface area contributed by atoms with Gasteiger partial charge in [-0.05, 0) is 33.9 Å². The van der Waals surface area contributed by atoms with Crippen molar-refractivity contribution in [2.75, 3.05) is 0 Å². The van der Waals surface area contributed by atoms with Crippen LogP contribution in [0.25, 0.3) is 43.4 Å². The third-order valence-electron chi connectivity index (χ3n) is 8.76. The molecule has 0 saturated carbocycles. The quantitative estimate of drug-likeness (QED) is 0.213. The highest BCUT2D eigenvalue weighted by atomic mass is 32.1. The van der Waals surface area contributed by atoms with Gasteiger partial charge in [0.05, 0.1) is 5.41 Å². The van der Waals surface area contributed by atoms with Crippen molar-refractivity contribution in [1.82, 2.24) is 10.2 Å². The molecule has 4 heteroatoms. The van der Waals surface area contributed by atoms with Gasteiger partial charge < -0.3 is 4.74 Å². The predicted octanol–water partition coefficient (Wildman–Crippen LogP) is 10.0. The van der Waals surface area contributed by atoms with E-state index in [9.17, 15) is 0 Å². The number of aromatic nitrogens is 2. The Labute approximate surface area is 253 Å². The summed E-state index contributed by atoms with van der Waals surface area (Å²) in [6.45, 7) is 0. The van der Waals surface area contributed by atoms with Gasteiger partial charge in [0, 0.05) is 27.8 Å². The minimum atomic E-state index is -0.465. The normalized spacial score (nSPS) is 13.5. The van der Waals surface area contributed by atoms with Crippen LogP contribution in [0.5, 0.6) is 11.5 Å². The molecule has 1 spiro atoms. The summed E-state index contributed by atoms with van der Waals surface area (Å²) < 4.78 is 6.83. The van der Waals surface area contributed by atoms with Gasteiger partial charge in [-0.1, -0.05) is 151 Å². The fourth-order valence-electron chi connectivity index (χ4n) is 6.94. The van der Waals surface area contributed by atoms with Gasteiger partial charge in [0.1, 0.15) is 21.5 Å². The summed E-state index contributed by atoms with van der Waals surface area (Å²) in [4.78, 5) is 0. The Balaban J connectivity index is 1.20. The molecule has 0 unspecified atom stereocenters. The number of hydrogen-bond donors (Lipinski definition) is 0. The van der Waals surface area contributed by atoms with Gasteiger partial charge in [0.2, 0.25) is 0 Å². The average molecular weight is 569 g/mol. The molecule has 202 valence electrons. The topological polar surface area (TPSA) is 35.0 Å². The maximum atomic E-state index is 6.83. The molecule has 1 aromatic heterocycles. The van der Waals surface area contributed by atoms with Gasteiger partial charge in [0.15, 0.2) is 0 Å². The molecule has 2 heterocycles. The van der Waals surface area contributed by atoms with Crippen molar-refractivity contribution in [1.29, 1.82) is 0 Å². The summed E-state index contributed by atoms with van der Waals surface area (Å²) >= 11 is 1.61. The Bertz CT molecular complexity index is 2120. The van der Waals surface area contributed by atoms with Crippen LogP contribution in [-0.2, 0) is 5.41 Å². The minimum Gasteiger partial charge on any atom is -0.456 e. The molecule has 3 nitrogen and oxygen atoms in total. The van der Waals surface area contributed by atoms with Crippen molar-refractivity contribution in [3.63, 3.8) is 0 Å². The molecule has 7 aromatic rings. The van der Waals surface area contributed by atoms with Crippen molar-refractivity contribution in [2.45, 2.75) is 5.41 Å². The zero-order valence-corrected chi connectivity index (χ0v) is 23.9. The molecule has 6 aromatic carbocycles. The second-order valence-electron chi connectivity index (χ2n) is 11.0. The Hall–Kier alpha value is -5.32. The first kappa shape index (κ1) is 24.3. The first-order chi connectivity index (χ1) is 21.3. The maximum absolute atomic E-state index is 6.83. The first-order valence-electron chi connectivity index (χ1n) is 14.4. The summed E-state index contributed by atoms with van der Waals surface area (Å²) in [5.41, 5.74) is 11.3. The van der Waals surface area contributed by atoms with E-state index in [0.29, 0.717) is 0 Å². The maximum Gasteiger partial charge on any atom is 0.148 e. The number of hydrogen-bond acceptors (Lipinski definition) is 4. The van der Waals surface area contributed by atoms with Crippen LogP contribution in [0.15, 0.2) is 146 Å². The first-order valence-corrected chi connectivity index (χ1v) is 15.2.